The van der Waals surface area contributed by atoms with E-state index < -0.39 is 12.5 Å². The number of aliphatic hydroxyl groups is 1. The van der Waals surface area contributed by atoms with Crippen molar-refractivity contribution in [1.29, 1.82) is 0 Å². The van der Waals surface area contributed by atoms with E-state index in [2.05, 4.69) is 36.3 Å². The summed E-state index contributed by atoms with van der Waals surface area (Å²) in [5.41, 5.74) is 2.66. The fraction of sp³-hybridized carbons (Fsp3) is 0.286. The molecule has 0 saturated heterocycles. The molecule has 0 amide bonds. The number of nitrogens with zero attached hydrogens (tertiary/aromatic N) is 4. The molecule has 6 nitrogen and oxygen atoms in total. The van der Waals surface area contributed by atoms with Crippen molar-refractivity contribution < 1.29 is 13.9 Å². The van der Waals surface area contributed by atoms with Crippen LogP contribution in [-0.2, 0) is 7.05 Å². The molecule has 4 rings (SSSR count). The smallest absolute Gasteiger partial charge is 0.268 e. The molecule has 156 valence electrons. The van der Waals surface area contributed by atoms with E-state index in [1.54, 1.807) is 23.0 Å². The van der Waals surface area contributed by atoms with Crippen molar-refractivity contribution in [2.75, 3.05) is 5.32 Å². The second-order valence-corrected chi connectivity index (χ2v) is 8.07. The number of aromatic nitrogens is 4. The molecule has 0 saturated carbocycles. The van der Waals surface area contributed by atoms with E-state index in [1.807, 2.05) is 33.0 Å². The van der Waals surface area contributed by atoms with Crippen LogP contribution in [0.4, 0.5) is 14.6 Å². The average Bonchev–Trinajstić information content (AvgIpc) is 3.11. The quantitative estimate of drug-likeness (QED) is 0.421. The molecule has 0 aliphatic rings. The van der Waals surface area contributed by atoms with Crippen molar-refractivity contribution in [3.05, 3.63) is 58.0 Å². The Balaban J connectivity index is 1.76. The van der Waals surface area contributed by atoms with Gasteiger partial charge in [-0.05, 0) is 47.0 Å². The van der Waals surface area contributed by atoms with Crippen LogP contribution in [0.1, 0.15) is 36.0 Å². The van der Waals surface area contributed by atoms with E-state index in [1.165, 1.54) is 6.07 Å². The Labute approximate surface area is 180 Å². The summed E-state index contributed by atoms with van der Waals surface area (Å²) in [5.74, 6) is 1.24. The van der Waals surface area contributed by atoms with E-state index in [0.29, 0.717) is 11.6 Å². The van der Waals surface area contributed by atoms with Gasteiger partial charge in [0.25, 0.3) is 6.43 Å². The highest BCUT2D eigenvalue weighted by Gasteiger charge is 2.21. The Kier molecular flexibility index (Phi) is 5.42. The van der Waals surface area contributed by atoms with Gasteiger partial charge < -0.3 is 10.4 Å². The maximum absolute atomic E-state index is 12.9. The predicted molar refractivity (Wildman–Crippen MR) is 116 cm³/mol. The van der Waals surface area contributed by atoms with Crippen LogP contribution < -0.4 is 5.32 Å². The SMILES string of the molecule is Cc1nc(N[C@H](C)c2cccc(C(O)C(F)F)c2)c2cc(Br)c3c(cnn3C)c2n1. The van der Waals surface area contributed by atoms with Crippen molar-refractivity contribution in [1.82, 2.24) is 19.7 Å². The number of hydrogen-bond donors (Lipinski definition) is 2. The highest BCUT2D eigenvalue weighted by molar-refractivity contribution is 9.10. The summed E-state index contributed by atoms with van der Waals surface area (Å²) < 4.78 is 28.4. The molecule has 1 unspecified atom stereocenters. The molecule has 0 radical (unpaired) electrons. The molecule has 0 fully saturated rings. The second kappa shape index (κ2) is 7.88. The number of alkyl halides is 2. The first-order valence-corrected chi connectivity index (χ1v) is 10.2. The van der Waals surface area contributed by atoms with Gasteiger partial charge in [0.1, 0.15) is 17.7 Å². The Hall–Kier alpha value is -2.65. The molecule has 0 bridgehead atoms. The van der Waals surface area contributed by atoms with Crippen molar-refractivity contribution >= 4 is 43.6 Å². The first-order valence-electron chi connectivity index (χ1n) is 9.37. The van der Waals surface area contributed by atoms with Gasteiger partial charge >= 0.3 is 0 Å². The van der Waals surface area contributed by atoms with Crippen molar-refractivity contribution in [3.8, 4) is 0 Å². The molecule has 2 aromatic carbocycles. The van der Waals surface area contributed by atoms with Crippen LogP contribution in [-0.4, -0.2) is 31.3 Å². The first kappa shape index (κ1) is 20.6. The van der Waals surface area contributed by atoms with E-state index in [0.717, 1.165) is 31.8 Å². The Bertz CT molecular complexity index is 1240. The third-order valence-electron chi connectivity index (χ3n) is 5.09. The fourth-order valence-electron chi connectivity index (χ4n) is 3.57. The Morgan fingerprint density at radius 2 is 1.87 bits per heavy atom. The van der Waals surface area contributed by atoms with Gasteiger partial charge in [0.2, 0.25) is 0 Å². The third kappa shape index (κ3) is 3.63. The molecular weight excluding hydrogens is 456 g/mol. The van der Waals surface area contributed by atoms with Gasteiger partial charge in [-0.3, -0.25) is 4.68 Å². The van der Waals surface area contributed by atoms with Crippen LogP contribution in [0.2, 0.25) is 0 Å². The average molecular weight is 476 g/mol. The summed E-state index contributed by atoms with van der Waals surface area (Å²) in [7, 11) is 1.87. The number of fused-ring (bicyclic) bond motifs is 3. The van der Waals surface area contributed by atoms with Crippen LogP contribution in [0, 0.1) is 6.92 Å². The summed E-state index contributed by atoms with van der Waals surface area (Å²) >= 11 is 3.61. The molecule has 30 heavy (non-hydrogen) atoms. The summed E-state index contributed by atoms with van der Waals surface area (Å²) in [6.45, 7) is 3.73. The molecule has 4 aromatic rings. The van der Waals surface area contributed by atoms with Crippen LogP contribution in [0.5, 0.6) is 0 Å². The normalized spacial score (nSPS) is 13.9. The van der Waals surface area contributed by atoms with E-state index in [4.69, 9.17) is 0 Å². The van der Waals surface area contributed by atoms with Gasteiger partial charge in [-0.15, -0.1) is 0 Å². The minimum Gasteiger partial charge on any atom is -0.382 e. The number of anilines is 1. The maximum atomic E-state index is 12.9. The summed E-state index contributed by atoms with van der Waals surface area (Å²) in [6, 6.07) is 8.27. The number of aliphatic hydroxyl groups excluding tert-OH is 1. The van der Waals surface area contributed by atoms with Gasteiger partial charge in [-0.25, -0.2) is 18.7 Å². The molecule has 2 aromatic heterocycles. The molecule has 2 atom stereocenters. The van der Waals surface area contributed by atoms with Crippen LogP contribution >= 0.6 is 15.9 Å². The van der Waals surface area contributed by atoms with Gasteiger partial charge in [0.05, 0.1) is 17.2 Å². The minimum absolute atomic E-state index is 0.180. The van der Waals surface area contributed by atoms with Crippen molar-refractivity contribution in [2.45, 2.75) is 32.4 Å². The van der Waals surface area contributed by atoms with Gasteiger partial charge in [-0.2, -0.15) is 5.10 Å². The van der Waals surface area contributed by atoms with Gasteiger partial charge in [0.15, 0.2) is 0 Å². The minimum atomic E-state index is -2.84. The van der Waals surface area contributed by atoms with Crippen LogP contribution in [0.15, 0.2) is 41.0 Å². The maximum Gasteiger partial charge on any atom is 0.268 e. The van der Waals surface area contributed by atoms with Crippen molar-refractivity contribution in [3.63, 3.8) is 0 Å². The molecule has 9 heteroatoms. The predicted octanol–water partition coefficient (Wildman–Crippen LogP) is 5.06. The van der Waals surface area contributed by atoms with E-state index in [9.17, 15) is 13.9 Å². The fourth-order valence-corrected chi connectivity index (χ4v) is 4.27. The molecule has 2 heterocycles. The Morgan fingerprint density at radius 3 is 2.60 bits per heavy atom. The van der Waals surface area contributed by atoms with Crippen molar-refractivity contribution in [2.24, 2.45) is 7.05 Å². The number of nitrogens with one attached hydrogen (secondary N) is 1. The summed E-state index contributed by atoms with van der Waals surface area (Å²) in [5, 5.41) is 19.1. The van der Waals surface area contributed by atoms with E-state index >= 15 is 0 Å². The molecule has 0 aliphatic heterocycles. The number of rotatable bonds is 5. The lowest BCUT2D eigenvalue weighted by Crippen LogP contribution is -2.12. The zero-order valence-corrected chi connectivity index (χ0v) is 18.2. The Morgan fingerprint density at radius 1 is 1.13 bits per heavy atom. The number of halogens is 3. The highest BCUT2D eigenvalue weighted by atomic mass is 79.9. The lowest BCUT2D eigenvalue weighted by molar-refractivity contribution is -0.00582. The second-order valence-electron chi connectivity index (χ2n) is 7.22. The molecule has 0 aliphatic carbocycles. The van der Waals surface area contributed by atoms with Crippen LogP contribution in [0.25, 0.3) is 21.8 Å². The van der Waals surface area contributed by atoms with Gasteiger partial charge in [-0.1, -0.05) is 24.3 Å². The van der Waals surface area contributed by atoms with Gasteiger partial charge in [0, 0.05) is 28.3 Å². The zero-order valence-electron chi connectivity index (χ0n) is 16.6. The molecular formula is C21H20BrF2N5O. The van der Waals surface area contributed by atoms with E-state index in [-0.39, 0.29) is 11.6 Å². The lowest BCUT2D eigenvalue weighted by atomic mass is 10.0. The number of benzene rings is 2. The third-order valence-corrected chi connectivity index (χ3v) is 5.70. The lowest BCUT2D eigenvalue weighted by Gasteiger charge is -2.19. The monoisotopic (exact) mass is 475 g/mol. The number of hydrogen-bond acceptors (Lipinski definition) is 5. The number of aryl methyl sites for hydroxylation is 2. The molecule has 0 spiro atoms. The standard InChI is InChI=1S/C21H20BrF2N5O/c1-10(12-5-4-6-13(7-12)19(30)20(23)24)26-21-14-8-16(22)18-15(9-25-29(18)3)17(14)27-11(2)28-21/h4-10,19-20,30H,1-3H3,(H,26,27,28)/t10-,19?/m1/s1. The largest absolute Gasteiger partial charge is 0.382 e. The first-order chi connectivity index (χ1) is 14.3. The highest BCUT2D eigenvalue weighted by Crippen LogP contribution is 2.35. The topological polar surface area (TPSA) is 75.9 Å². The zero-order chi connectivity index (χ0) is 21.6. The summed E-state index contributed by atoms with van der Waals surface area (Å²) in [4.78, 5) is 9.18. The van der Waals surface area contributed by atoms with Crippen LogP contribution in [0.3, 0.4) is 0 Å². The molecule has 2 N–H and O–H groups in total. The summed E-state index contributed by atoms with van der Waals surface area (Å²) in [6.07, 6.45) is -2.87.